The number of nitrogens with zero attached hydrogens (tertiary/aromatic N) is 2. The fraction of sp³-hybridized carbons (Fsp3) is 0.292. The monoisotopic (exact) mass is 428 g/mol. The van der Waals surface area contributed by atoms with Crippen molar-refractivity contribution in [2.75, 3.05) is 0 Å². The molecular weight excluding hydrogens is 403 g/mol. The van der Waals surface area contributed by atoms with E-state index in [4.69, 9.17) is 23.2 Å². The van der Waals surface area contributed by atoms with E-state index in [0.717, 1.165) is 12.2 Å². The second kappa shape index (κ2) is 9.51. The molecule has 2 aromatic carbocycles. The van der Waals surface area contributed by atoms with E-state index in [2.05, 4.69) is 49.7 Å². The van der Waals surface area contributed by atoms with Gasteiger partial charge in [0.1, 0.15) is 0 Å². The molecule has 0 radical (unpaired) electrons. The van der Waals surface area contributed by atoms with E-state index in [0.29, 0.717) is 28.1 Å². The Hall–Kier alpha value is -2.23. The predicted molar refractivity (Wildman–Crippen MR) is 121 cm³/mol. The molecule has 5 heteroatoms. The minimum Gasteiger partial charge on any atom is -0.345 e. The van der Waals surface area contributed by atoms with Gasteiger partial charge in [0.15, 0.2) is 0 Å². The molecule has 0 fully saturated rings. The van der Waals surface area contributed by atoms with Gasteiger partial charge in [0, 0.05) is 40.1 Å². The van der Waals surface area contributed by atoms with E-state index in [1.165, 1.54) is 5.56 Å². The average molecular weight is 429 g/mol. The minimum atomic E-state index is -0.0666. The van der Waals surface area contributed by atoms with Gasteiger partial charge in [-0.2, -0.15) is 0 Å². The molecule has 1 amide bonds. The van der Waals surface area contributed by atoms with Crippen LogP contribution < -0.4 is 0 Å². The summed E-state index contributed by atoms with van der Waals surface area (Å²) in [6, 6.07) is 19.5. The number of carbonyl (C=O) groups is 1. The van der Waals surface area contributed by atoms with Crippen LogP contribution in [0.3, 0.4) is 0 Å². The second-order valence-corrected chi connectivity index (χ2v) is 8.56. The van der Waals surface area contributed by atoms with Gasteiger partial charge in [0.05, 0.1) is 6.54 Å². The fourth-order valence-corrected chi connectivity index (χ4v) is 3.83. The van der Waals surface area contributed by atoms with Crippen molar-refractivity contribution in [1.29, 1.82) is 0 Å². The zero-order valence-electron chi connectivity index (χ0n) is 17.0. The van der Waals surface area contributed by atoms with Gasteiger partial charge in [0.25, 0.3) is 5.91 Å². The lowest BCUT2D eigenvalue weighted by atomic mass is 10.0. The van der Waals surface area contributed by atoms with E-state index in [1.54, 1.807) is 18.2 Å². The summed E-state index contributed by atoms with van der Waals surface area (Å²) in [7, 11) is 0. The first-order chi connectivity index (χ1) is 13.8. The van der Waals surface area contributed by atoms with Crippen LogP contribution in [0.4, 0.5) is 0 Å². The summed E-state index contributed by atoms with van der Waals surface area (Å²) in [5.74, 6) is 0.245. The van der Waals surface area contributed by atoms with Crippen LogP contribution in [0.25, 0.3) is 0 Å². The molecule has 1 aromatic heterocycles. The zero-order valence-corrected chi connectivity index (χ0v) is 18.5. The third kappa shape index (κ3) is 5.43. The van der Waals surface area contributed by atoms with Gasteiger partial charge in [0.2, 0.25) is 0 Å². The van der Waals surface area contributed by atoms with E-state index < -0.39 is 0 Å². The quantitative estimate of drug-likeness (QED) is 0.419. The third-order valence-electron chi connectivity index (χ3n) is 5.28. The Morgan fingerprint density at radius 3 is 2.24 bits per heavy atom. The highest BCUT2D eigenvalue weighted by molar-refractivity contribution is 6.35. The van der Waals surface area contributed by atoms with Gasteiger partial charge in [-0.15, -0.1) is 0 Å². The molecule has 3 rings (SSSR count). The number of hydrogen-bond acceptors (Lipinski definition) is 1. The molecule has 0 aliphatic carbocycles. The summed E-state index contributed by atoms with van der Waals surface area (Å²) < 4.78 is 2.19. The van der Waals surface area contributed by atoms with Crippen LogP contribution >= 0.6 is 23.2 Å². The predicted octanol–water partition coefficient (Wildman–Crippen LogP) is 6.53. The smallest absolute Gasteiger partial charge is 0.254 e. The molecule has 0 saturated carbocycles. The van der Waals surface area contributed by atoms with Gasteiger partial charge in [-0.1, -0.05) is 67.4 Å². The Labute approximate surface area is 182 Å². The van der Waals surface area contributed by atoms with E-state index in [9.17, 15) is 4.79 Å². The Morgan fingerprint density at radius 2 is 1.62 bits per heavy atom. The van der Waals surface area contributed by atoms with E-state index >= 15 is 0 Å². The normalized spacial score (nSPS) is 12.2. The number of carbonyl (C=O) groups excluding carboxylic acids is 1. The molecule has 0 N–H and O–H groups in total. The van der Waals surface area contributed by atoms with E-state index in [1.807, 2.05) is 29.2 Å². The van der Waals surface area contributed by atoms with Gasteiger partial charge in [-0.25, -0.2) is 0 Å². The summed E-state index contributed by atoms with van der Waals surface area (Å²) in [6.45, 7) is 7.61. The number of hydrogen-bond donors (Lipinski definition) is 0. The Kier molecular flexibility index (Phi) is 7.05. The largest absolute Gasteiger partial charge is 0.345 e. The molecule has 1 heterocycles. The molecule has 0 spiro atoms. The molecule has 0 aliphatic rings. The maximum absolute atomic E-state index is 13.4. The fourth-order valence-electron chi connectivity index (χ4n) is 3.31. The van der Waals surface area contributed by atoms with Crippen LogP contribution in [-0.4, -0.2) is 21.4 Å². The first-order valence-electron chi connectivity index (χ1n) is 9.80. The van der Waals surface area contributed by atoms with Crippen LogP contribution in [0.5, 0.6) is 0 Å². The van der Waals surface area contributed by atoms with Crippen LogP contribution in [0, 0.1) is 5.92 Å². The number of rotatable bonds is 7. The minimum absolute atomic E-state index is 0.0559. The van der Waals surface area contributed by atoms with Crippen molar-refractivity contribution < 1.29 is 4.79 Å². The molecule has 1 unspecified atom stereocenters. The lowest BCUT2D eigenvalue weighted by Crippen LogP contribution is -2.41. The molecule has 0 aliphatic heterocycles. The molecule has 3 aromatic rings. The molecule has 152 valence electrons. The molecular formula is C24H26Cl2N2O. The molecule has 3 nitrogen and oxygen atoms in total. The van der Waals surface area contributed by atoms with Crippen molar-refractivity contribution in [1.82, 2.24) is 9.47 Å². The van der Waals surface area contributed by atoms with Crippen LogP contribution in [0.15, 0.2) is 66.9 Å². The zero-order chi connectivity index (χ0) is 21.0. The lowest BCUT2D eigenvalue weighted by molar-refractivity contribution is 0.0622. The SMILES string of the molecule is CC(C)C(C)N(Cc1cccn1Cc1ccccc1)C(=O)c1cc(Cl)cc(Cl)c1. The number of aromatic nitrogens is 1. The summed E-state index contributed by atoms with van der Waals surface area (Å²) in [6.07, 6.45) is 2.06. The Morgan fingerprint density at radius 1 is 0.966 bits per heavy atom. The van der Waals surface area contributed by atoms with E-state index in [-0.39, 0.29) is 11.9 Å². The Bertz CT molecular complexity index is 946. The highest BCUT2D eigenvalue weighted by atomic mass is 35.5. The van der Waals surface area contributed by atoms with Crippen LogP contribution in [0.2, 0.25) is 10.0 Å². The standard InChI is InChI=1S/C24H26Cl2N2O/c1-17(2)18(3)28(24(29)20-12-21(25)14-22(26)13-20)16-23-10-7-11-27(23)15-19-8-5-4-6-9-19/h4-14,17-18H,15-16H2,1-3H3. The van der Waals surface area contributed by atoms with Gasteiger partial charge in [-0.05, 0) is 48.7 Å². The van der Waals surface area contributed by atoms with Gasteiger partial charge >= 0.3 is 0 Å². The third-order valence-corrected chi connectivity index (χ3v) is 5.71. The summed E-state index contributed by atoms with van der Waals surface area (Å²) >= 11 is 12.3. The molecule has 0 bridgehead atoms. The van der Waals surface area contributed by atoms with Crippen molar-refractivity contribution in [3.05, 3.63) is 93.7 Å². The second-order valence-electron chi connectivity index (χ2n) is 7.69. The number of halogens is 2. The van der Waals surface area contributed by atoms with Crippen molar-refractivity contribution in [3.63, 3.8) is 0 Å². The lowest BCUT2D eigenvalue weighted by Gasteiger charge is -2.32. The number of benzene rings is 2. The molecule has 29 heavy (non-hydrogen) atoms. The first-order valence-corrected chi connectivity index (χ1v) is 10.6. The topological polar surface area (TPSA) is 25.2 Å². The maximum Gasteiger partial charge on any atom is 0.254 e. The van der Waals surface area contributed by atoms with Crippen molar-refractivity contribution in [2.24, 2.45) is 5.92 Å². The maximum atomic E-state index is 13.4. The molecule has 1 atom stereocenters. The van der Waals surface area contributed by atoms with Crippen LogP contribution in [-0.2, 0) is 13.1 Å². The highest BCUT2D eigenvalue weighted by Gasteiger charge is 2.25. The first kappa shape index (κ1) is 21.5. The van der Waals surface area contributed by atoms with Crippen molar-refractivity contribution in [3.8, 4) is 0 Å². The van der Waals surface area contributed by atoms with Gasteiger partial charge < -0.3 is 9.47 Å². The highest BCUT2D eigenvalue weighted by Crippen LogP contribution is 2.24. The summed E-state index contributed by atoms with van der Waals surface area (Å²) in [5.41, 5.74) is 2.82. The summed E-state index contributed by atoms with van der Waals surface area (Å²) in [5, 5.41) is 0.927. The Balaban J connectivity index is 1.89. The van der Waals surface area contributed by atoms with Crippen molar-refractivity contribution >= 4 is 29.1 Å². The summed E-state index contributed by atoms with van der Waals surface area (Å²) in [4.78, 5) is 15.3. The molecule has 0 saturated heterocycles. The average Bonchev–Trinajstić information content (AvgIpc) is 3.11. The number of amides is 1. The van der Waals surface area contributed by atoms with Crippen molar-refractivity contribution in [2.45, 2.75) is 39.9 Å². The van der Waals surface area contributed by atoms with Crippen LogP contribution in [0.1, 0.15) is 42.4 Å². The van der Waals surface area contributed by atoms with Gasteiger partial charge in [-0.3, -0.25) is 4.79 Å².